The number of ether oxygens (including phenoxy) is 1. The summed E-state index contributed by atoms with van der Waals surface area (Å²) in [6.07, 6.45) is 4.73. The van der Waals surface area contributed by atoms with Crippen molar-refractivity contribution in [2.45, 2.75) is 12.5 Å². The standard InChI is InChI=1S/C13H23N3O/c1-14-10-13(11-17-3)16(2)9-6-12-4-7-15-8-5-12/h4-5,7-8,13-14H,6,9-11H2,1-3H3. The van der Waals surface area contributed by atoms with Crippen molar-refractivity contribution in [2.75, 3.05) is 40.9 Å². The van der Waals surface area contributed by atoms with Gasteiger partial charge in [-0.05, 0) is 38.2 Å². The highest BCUT2D eigenvalue weighted by atomic mass is 16.5. The van der Waals surface area contributed by atoms with Gasteiger partial charge in [-0.2, -0.15) is 0 Å². The molecular formula is C13H23N3O. The minimum atomic E-state index is 0.423. The molecule has 1 N–H and O–H groups in total. The fourth-order valence-electron chi connectivity index (χ4n) is 1.81. The molecule has 1 unspecified atom stereocenters. The van der Waals surface area contributed by atoms with E-state index in [0.717, 1.165) is 26.1 Å². The van der Waals surface area contributed by atoms with E-state index in [9.17, 15) is 0 Å². The molecule has 0 amide bonds. The van der Waals surface area contributed by atoms with Gasteiger partial charge >= 0.3 is 0 Å². The molecule has 0 aliphatic heterocycles. The fourth-order valence-corrected chi connectivity index (χ4v) is 1.81. The zero-order chi connectivity index (χ0) is 12.5. The van der Waals surface area contributed by atoms with Crippen molar-refractivity contribution < 1.29 is 4.74 Å². The Kier molecular flexibility index (Phi) is 6.77. The van der Waals surface area contributed by atoms with Crippen molar-refractivity contribution in [1.82, 2.24) is 15.2 Å². The number of hydrogen-bond acceptors (Lipinski definition) is 4. The van der Waals surface area contributed by atoms with Crippen LogP contribution >= 0.6 is 0 Å². The van der Waals surface area contributed by atoms with Crippen molar-refractivity contribution in [2.24, 2.45) is 0 Å². The smallest absolute Gasteiger partial charge is 0.0630 e. The molecule has 1 rings (SSSR count). The van der Waals surface area contributed by atoms with Crippen LogP contribution in [0.25, 0.3) is 0 Å². The summed E-state index contributed by atoms with van der Waals surface area (Å²) in [6, 6.07) is 4.56. The highest BCUT2D eigenvalue weighted by molar-refractivity contribution is 5.09. The minimum Gasteiger partial charge on any atom is -0.383 e. The van der Waals surface area contributed by atoms with Crippen LogP contribution in [0, 0.1) is 0 Å². The minimum absolute atomic E-state index is 0.423. The summed E-state index contributed by atoms with van der Waals surface area (Å²) in [5.41, 5.74) is 1.33. The molecule has 0 fully saturated rings. The molecule has 1 aromatic rings. The van der Waals surface area contributed by atoms with E-state index in [1.807, 2.05) is 19.4 Å². The van der Waals surface area contributed by atoms with E-state index in [2.05, 4.69) is 34.4 Å². The van der Waals surface area contributed by atoms with Crippen LogP contribution in [-0.2, 0) is 11.2 Å². The van der Waals surface area contributed by atoms with Crippen LogP contribution in [0.1, 0.15) is 5.56 Å². The summed E-state index contributed by atoms with van der Waals surface area (Å²) in [5.74, 6) is 0. The van der Waals surface area contributed by atoms with Crippen LogP contribution in [0.4, 0.5) is 0 Å². The third kappa shape index (κ3) is 5.26. The van der Waals surface area contributed by atoms with Crippen molar-refractivity contribution in [1.29, 1.82) is 0 Å². The van der Waals surface area contributed by atoms with Gasteiger partial charge in [0.2, 0.25) is 0 Å². The first-order valence-electron chi connectivity index (χ1n) is 6.00. The van der Waals surface area contributed by atoms with E-state index in [1.165, 1.54) is 5.56 Å². The Morgan fingerprint density at radius 2 is 2.12 bits per heavy atom. The Morgan fingerprint density at radius 3 is 2.71 bits per heavy atom. The number of likely N-dealkylation sites (N-methyl/N-ethyl adjacent to an activating group) is 2. The maximum Gasteiger partial charge on any atom is 0.0630 e. The van der Waals surface area contributed by atoms with Gasteiger partial charge in [-0.25, -0.2) is 0 Å². The van der Waals surface area contributed by atoms with Gasteiger partial charge in [0.15, 0.2) is 0 Å². The second kappa shape index (κ2) is 8.17. The van der Waals surface area contributed by atoms with Gasteiger partial charge in [0.1, 0.15) is 0 Å². The predicted octanol–water partition coefficient (Wildman–Crippen LogP) is 0.790. The Balaban J connectivity index is 2.38. The van der Waals surface area contributed by atoms with Crippen molar-refractivity contribution >= 4 is 0 Å². The van der Waals surface area contributed by atoms with Crippen LogP contribution in [0.2, 0.25) is 0 Å². The molecule has 0 radical (unpaired) electrons. The first-order valence-corrected chi connectivity index (χ1v) is 6.00. The molecule has 17 heavy (non-hydrogen) atoms. The summed E-state index contributed by atoms with van der Waals surface area (Å²) in [7, 11) is 5.86. The molecule has 4 heteroatoms. The molecule has 0 saturated heterocycles. The first kappa shape index (κ1) is 14.1. The lowest BCUT2D eigenvalue weighted by molar-refractivity contribution is 0.107. The van der Waals surface area contributed by atoms with Gasteiger partial charge in [0, 0.05) is 38.6 Å². The number of pyridine rings is 1. The lowest BCUT2D eigenvalue weighted by atomic mass is 10.1. The highest BCUT2D eigenvalue weighted by Crippen LogP contribution is 2.02. The second-order valence-corrected chi connectivity index (χ2v) is 4.25. The molecule has 96 valence electrons. The number of hydrogen-bond donors (Lipinski definition) is 1. The number of methoxy groups -OCH3 is 1. The molecule has 0 spiro atoms. The van der Waals surface area contributed by atoms with Crippen LogP contribution in [0.5, 0.6) is 0 Å². The number of aromatic nitrogens is 1. The van der Waals surface area contributed by atoms with E-state index < -0.39 is 0 Å². The highest BCUT2D eigenvalue weighted by Gasteiger charge is 2.13. The maximum atomic E-state index is 5.24. The second-order valence-electron chi connectivity index (χ2n) is 4.25. The predicted molar refractivity (Wildman–Crippen MR) is 70.2 cm³/mol. The van der Waals surface area contributed by atoms with Crippen LogP contribution < -0.4 is 5.32 Å². The van der Waals surface area contributed by atoms with Crippen molar-refractivity contribution in [3.63, 3.8) is 0 Å². The average molecular weight is 237 g/mol. The van der Waals surface area contributed by atoms with E-state index in [1.54, 1.807) is 7.11 Å². The summed E-state index contributed by atoms with van der Waals surface area (Å²) < 4.78 is 5.24. The average Bonchev–Trinajstić information content (AvgIpc) is 2.37. The van der Waals surface area contributed by atoms with E-state index in [-0.39, 0.29) is 0 Å². The normalized spacial score (nSPS) is 12.9. The van der Waals surface area contributed by atoms with E-state index in [4.69, 9.17) is 4.74 Å². The van der Waals surface area contributed by atoms with Gasteiger partial charge in [0.05, 0.1) is 6.61 Å². The van der Waals surface area contributed by atoms with Gasteiger partial charge < -0.3 is 10.1 Å². The largest absolute Gasteiger partial charge is 0.383 e. The van der Waals surface area contributed by atoms with Gasteiger partial charge in [-0.15, -0.1) is 0 Å². The molecule has 1 aromatic heterocycles. The zero-order valence-electron chi connectivity index (χ0n) is 11.0. The quantitative estimate of drug-likeness (QED) is 0.725. The Hall–Kier alpha value is -0.970. The molecule has 0 bridgehead atoms. The Labute approximate surface area is 104 Å². The molecular weight excluding hydrogens is 214 g/mol. The molecule has 1 heterocycles. The molecule has 0 aromatic carbocycles. The maximum absolute atomic E-state index is 5.24. The topological polar surface area (TPSA) is 37.4 Å². The lowest BCUT2D eigenvalue weighted by Gasteiger charge is -2.27. The third-order valence-electron chi connectivity index (χ3n) is 2.92. The summed E-state index contributed by atoms with van der Waals surface area (Å²) >= 11 is 0. The number of rotatable bonds is 8. The zero-order valence-corrected chi connectivity index (χ0v) is 11.0. The molecule has 4 nitrogen and oxygen atoms in total. The molecule has 0 aliphatic carbocycles. The molecule has 1 atom stereocenters. The SMILES string of the molecule is CNCC(COC)N(C)CCc1ccncc1. The van der Waals surface area contributed by atoms with Crippen molar-refractivity contribution in [3.05, 3.63) is 30.1 Å². The van der Waals surface area contributed by atoms with Crippen LogP contribution in [-0.4, -0.2) is 56.8 Å². The van der Waals surface area contributed by atoms with E-state index >= 15 is 0 Å². The number of nitrogens with zero attached hydrogens (tertiary/aromatic N) is 2. The van der Waals surface area contributed by atoms with Crippen molar-refractivity contribution in [3.8, 4) is 0 Å². The number of nitrogens with one attached hydrogen (secondary N) is 1. The van der Waals surface area contributed by atoms with Gasteiger partial charge in [-0.1, -0.05) is 0 Å². The Bertz CT molecular complexity index is 286. The van der Waals surface area contributed by atoms with Gasteiger partial charge in [0.25, 0.3) is 0 Å². The summed E-state index contributed by atoms with van der Waals surface area (Å²) in [6.45, 7) is 2.73. The van der Waals surface area contributed by atoms with E-state index in [0.29, 0.717) is 6.04 Å². The lowest BCUT2D eigenvalue weighted by Crippen LogP contribution is -2.43. The van der Waals surface area contributed by atoms with Gasteiger partial charge in [-0.3, -0.25) is 9.88 Å². The fraction of sp³-hybridized carbons (Fsp3) is 0.615. The van der Waals surface area contributed by atoms with Crippen LogP contribution in [0.15, 0.2) is 24.5 Å². The molecule has 0 aliphatic rings. The van der Waals surface area contributed by atoms with Crippen LogP contribution in [0.3, 0.4) is 0 Å². The third-order valence-corrected chi connectivity index (χ3v) is 2.92. The first-order chi connectivity index (χ1) is 8.27. The summed E-state index contributed by atoms with van der Waals surface area (Å²) in [5, 5.41) is 3.20. The monoisotopic (exact) mass is 237 g/mol. The Morgan fingerprint density at radius 1 is 1.41 bits per heavy atom. The summed E-state index contributed by atoms with van der Waals surface area (Å²) in [4.78, 5) is 6.36. The molecule has 0 saturated carbocycles.